The second-order valence-electron chi connectivity index (χ2n) is 5.83. The standard InChI is InChI=1S/C19H11ClFN3O2S/c20-13-5-1-12(2-6-13)10-16-18(26)24-19(27-16)22-17(25)15(23-24)9-11-3-7-14(21)8-4-11/h1-8,10H,9H2/b16-10-. The topological polar surface area (TPSA) is 64.3 Å². The van der Waals surface area contributed by atoms with Crippen molar-refractivity contribution >= 4 is 34.0 Å². The van der Waals surface area contributed by atoms with Crippen LogP contribution in [0.1, 0.15) is 16.8 Å². The lowest BCUT2D eigenvalue weighted by molar-refractivity contribution is 0.627. The van der Waals surface area contributed by atoms with Gasteiger partial charge in [0.1, 0.15) is 11.5 Å². The molecular weight excluding hydrogens is 389 g/mol. The summed E-state index contributed by atoms with van der Waals surface area (Å²) in [5, 5.41) is 4.77. The molecule has 0 saturated carbocycles. The summed E-state index contributed by atoms with van der Waals surface area (Å²) in [7, 11) is 0. The molecule has 4 aromatic rings. The second kappa shape index (κ2) is 7.02. The zero-order valence-corrected chi connectivity index (χ0v) is 15.3. The number of rotatable bonds is 3. The molecule has 0 spiro atoms. The summed E-state index contributed by atoms with van der Waals surface area (Å²) in [4.78, 5) is 29.1. The van der Waals surface area contributed by atoms with Gasteiger partial charge in [-0.2, -0.15) is 14.6 Å². The van der Waals surface area contributed by atoms with Crippen LogP contribution in [0.4, 0.5) is 4.39 Å². The zero-order chi connectivity index (χ0) is 19.0. The fourth-order valence-corrected chi connectivity index (χ4v) is 3.59. The molecule has 0 fully saturated rings. The number of thiazole rings is 1. The van der Waals surface area contributed by atoms with Crippen molar-refractivity contribution in [3.63, 3.8) is 0 Å². The predicted molar refractivity (Wildman–Crippen MR) is 103 cm³/mol. The molecular formula is C19H11ClFN3O2S. The van der Waals surface area contributed by atoms with Gasteiger partial charge in [0.25, 0.3) is 11.1 Å². The molecule has 27 heavy (non-hydrogen) atoms. The Morgan fingerprint density at radius 1 is 1.07 bits per heavy atom. The Kier molecular flexibility index (Phi) is 4.55. The van der Waals surface area contributed by atoms with E-state index in [0.717, 1.165) is 21.4 Å². The van der Waals surface area contributed by atoms with E-state index < -0.39 is 5.56 Å². The van der Waals surface area contributed by atoms with Gasteiger partial charge in [-0.25, -0.2) is 4.39 Å². The third-order valence-corrected chi connectivity index (χ3v) is 5.11. The summed E-state index contributed by atoms with van der Waals surface area (Å²) in [6, 6.07) is 12.8. The van der Waals surface area contributed by atoms with Crippen molar-refractivity contribution in [2.45, 2.75) is 6.42 Å². The Morgan fingerprint density at radius 2 is 1.78 bits per heavy atom. The van der Waals surface area contributed by atoms with Gasteiger partial charge in [-0.3, -0.25) is 9.59 Å². The number of halogens is 2. The Labute approximate surface area is 161 Å². The highest BCUT2D eigenvalue weighted by Crippen LogP contribution is 2.10. The molecule has 0 saturated heterocycles. The number of fused-ring (bicyclic) bond motifs is 1. The van der Waals surface area contributed by atoms with Gasteiger partial charge < -0.3 is 0 Å². The predicted octanol–water partition coefficient (Wildman–Crippen LogP) is 2.44. The van der Waals surface area contributed by atoms with Crippen molar-refractivity contribution in [1.29, 1.82) is 0 Å². The van der Waals surface area contributed by atoms with Gasteiger partial charge in [-0.15, -0.1) is 0 Å². The molecule has 4 rings (SSSR count). The summed E-state index contributed by atoms with van der Waals surface area (Å²) in [6.45, 7) is 0. The quantitative estimate of drug-likeness (QED) is 0.531. The van der Waals surface area contributed by atoms with Gasteiger partial charge in [0.05, 0.1) is 4.53 Å². The van der Waals surface area contributed by atoms with Gasteiger partial charge >= 0.3 is 0 Å². The van der Waals surface area contributed by atoms with Crippen molar-refractivity contribution in [2.75, 3.05) is 0 Å². The van der Waals surface area contributed by atoms with Crippen molar-refractivity contribution in [3.05, 3.63) is 101 Å². The number of hydrogen-bond acceptors (Lipinski definition) is 5. The molecule has 0 aliphatic rings. The zero-order valence-electron chi connectivity index (χ0n) is 13.7. The summed E-state index contributed by atoms with van der Waals surface area (Å²) in [5.41, 5.74) is 0.791. The van der Waals surface area contributed by atoms with E-state index in [4.69, 9.17) is 11.6 Å². The normalized spacial score (nSPS) is 12.0. The van der Waals surface area contributed by atoms with Crippen molar-refractivity contribution in [2.24, 2.45) is 0 Å². The van der Waals surface area contributed by atoms with Gasteiger partial charge in [0, 0.05) is 11.4 Å². The Bertz CT molecular complexity index is 1300. The molecule has 2 aromatic heterocycles. The lowest BCUT2D eigenvalue weighted by Crippen LogP contribution is -2.28. The molecule has 2 aromatic carbocycles. The van der Waals surface area contributed by atoms with Crippen LogP contribution in [0.3, 0.4) is 0 Å². The minimum absolute atomic E-state index is 0.132. The van der Waals surface area contributed by atoms with Gasteiger partial charge in [0.2, 0.25) is 4.96 Å². The first-order valence-electron chi connectivity index (χ1n) is 7.94. The highest BCUT2D eigenvalue weighted by atomic mass is 35.5. The average Bonchev–Trinajstić information content (AvgIpc) is 2.94. The van der Waals surface area contributed by atoms with Crippen molar-refractivity contribution in [3.8, 4) is 0 Å². The summed E-state index contributed by atoms with van der Waals surface area (Å²) in [5.74, 6) is -0.362. The molecule has 134 valence electrons. The largest absolute Gasteiger partial charge is 0.296 e. The first kappa shape index (κ1) is 17.5. The monoisotopic (exact) mass is 399 g/mol. The Morgan fingerprint density at radius 3 is 2.48 bits per heavy atom. The average molecular weight is 400 g/mol. The molecule has 0 radical (unpaired) electrons. The summed E-state index contributed by atoms with van der Waals surface area (Å²) in [6.07, 6.45) is 1.87. The van der Waals surface area contributed by atoms with E-state index in [2.05, 4.69) is 10.1 Å². The van der Waals surface area contributed by atoms with E-state index in [-0.39, 0.29) is 28.5 Å². The molecule has 0 unspecified atom stereocenters. The van der Waals surface area contributed by atoms with Gasteiger partial charge in [-0.05, 0) is 41.5 Å². The molecule has 0 amide bonds. The highest BCUT2D eigenvalue weighted by Gasteiger charge is 2.11. The van der Waals surface area contributed by atoms with Crippen LogP contribution in [0.5, 0.6) is 0 Å². The van der Waals surface area contributed by atoms with Crippen LogP contribution in [-0.4, -0.2) is 14.6 Å². The van der Waals surface area contributed by atoms with Crippen LogP contribution in [0.15, 0.2) is 58.1 Å². The molecule has 0 aliphatic heterocycles. The lowest BCUT2D eigenvalue weighted by Gasteiger charge is -2.00. The SMILES string of the molecule is O=c1nc2s/c(=C\c3ccc(Cl)cc3)c(=O)n2nc1Cc1ccc(F)cc1. The van der Waals surface area contributed by atoms with Crippen LogP contribution >= 0.6 is 22.9 Å². The first-order chi connectivity index (χ1) is 13.0. The third kappa shape index (κ3) is 3.65. The van der Waals surface area contributed by atoms with E-state index in [1.165, 1.54) is 12.1 Å². The minimum Gasteiger partial charge on any atom is -0.266 e. The third-order valence-electron chi connectivity index (χ3n) is 3.90. The van der Waals surface area contributed by atoms with Crippen LogP contribution < -0.4 is 15.7 Å². The number of nitrogens with zero attached hydrogens (tertiary/aromatic N) is 3. The minimum atomic E-state index is -0.501. The van der Waals surface area contributed by atoms with E-state index in [1.54, 1.807) is 42.5 Å². The molecule has 0 atom stereocenters. The summed E-state index contributed by atoms with van der Waals surface area (Å²) < 4.78 is 14.6. The molecule has 0 bridgehead atoms. The van der Waals surface area contributed by atoms with Crippen LogP contribution in [0.2, 0.25) is 5.02 Å². The Balaban J connectivity index is 1.79. The smallest absolute Gasteiger partial charge is 0.266 e. The molecule has 5 nitrogen and oxygen atoms in total. The number of aromatic nitrogens is 3. The van der Waals surface area contributed by atoms with Crippen molar-refractivity contribution < 1.29 is 4.39 Å². The van der Waals surface area contributed by atoms with Crippen molar-refractivity contribution in [1.82, 2.24) is 14.6 Å². The van der Waals surface area contributed by atoms with Gasteiger partial charge in [-0.1, -0.05) is 47.2 Å². The van der Waals surface area contributed by atoms with Crippen LogP contribution in [0.25, 0.3) is 11.0 Å². The number of hydrogen-bond donors (Lipinski definition) is 0. The van der Waals surface area contributed by atoms with Gasteiger partial charge in [0.15, 0.2) is 0 Å². The van der Waals surface area contributed by atoms with E-state index in [0.29, 0.717) is 15.1 Å². The molecule has 8 heteroatoms. The number of benzene rings is 2. The molecule has 0 N–H and O–H groups in total. The van der Waals surface area contributed by atoms with E-state index in [1.807, 2.05) is 0 Å². The first-order valence-corrected chi connectivity index (χ1v) is 9.13. The van der Waals surface area contributed by atoms with Crippen LogP contribution in [0, 0.1) is 5.82 Å². The highest BCUT2D eigenvalue weighted by molar-refractivity contribution is 7.15. The lowest BCUT2D eigenvalue weighted by atomic mass is 10.1. The Hall–Kier alpha value is -2.90. The fourth-order valence-electron chi connectivity index (χ4n) is 2.56. The summed E-state index contributed by atoms with van der Waals surface area (Å²) >= 11 is 6.96. The maximum Gasteiger partial charge on any atom is 0.296 e. The maximum atomic E-state index is 13.0. The van der Waals surface area contributed by atoms with E-state index >= 15 is 0 Å². The maximum absolute atomic E-state index is 13.0. The van der Waals surface area contributed by atoms with Crippen LogP contribution in [-0.2, 0) is 6.42 Å². The molecule has 0 aliphatic carbocycles. The fraction of sp³-hybridized carbons (Fsp3) is 0.0526. The second-order valence-corrected chi connectivity index (χ2v) is 7.27. The van der Waals surface area contributed by atoms with E-state index in [9.17, 15) is 14.0 Å². The molecule has 2 heterocycles.